The van der Waals surface area contributed by atoms with Gasteiger partial charge in [0.1, 0.15) is 0 Å². The lowest BCUT2D eigenvalue weighted by atomic mass is 10.1. The number of benzene rings is 2. The van der Waals surface area contributed by atoms with Gasteiger partial charge >= 0.3 is 5.97 Å². The van der Waals surface area contributed by atoms with Crippen LogP contribution in [0.3, 0.4) is 0 Å². The second-order valence-electron chi connectivity index (χ2n) is 7.49. The lowest BCUT2D eigenvalue weighted by molar-refractivity contribution is -0.155. The zero-order chi connectivity index (χ0) is 21.3. The van der Waals surface area contributed by atoms with Gasteiger partial charge in [-0.25, -0.2) is 4.98 Å². The molecule has 0 fully saturated rings. The number of ether oxygens (including phenoxy) is 1. The molecule has 1 heterocycles. The van der Waals surface area contributed by atoms with E-state index < -0.39 is 6.10 Å². The molecule has 0 spiro atoms. The van der Waals surface area contributed by atoms with Gasteiger partial charge in [-0.15, -0.1) is 11.3 Å². The van der Waals surface area contributed by atoms with E-state index in [9.17, 15) is 9.59 Å². The van der Waals surface area contributed by atoms with Gasteiger partial charge in [0.05, 0.1) is 15.2 Å². The molecule has 2 atom stereocenters. The first-order valence-corrected chi connectivity index (χ1v) is 11.2. The maximum Gasteiger partial charge on any atom is 0.306 e. The number of carbonyl (C=O) groups excluding carboxylic acids is 2. The molecule has 30 heavy (non-hydrogen) atoms. The number of nitrogens with one attached hydrogen (secondary N) is 1. The Morgan fingerprint density at radius 1 is 1.03 bits per heavy atom. The molecule has 0 aliphatic heterocycles. The van der Waals surface area contributed by atoms with Gasteiger partial charge in [-0.1, -0.05) is 42.5 Å². The fraction of sp³-hybridized carbons (Fsp3) is 0.375. The smallest absolute Gasteiger partial charge is 0.306 e. The third kappa shape index (κ3) is 6.66. The molecule has 0 saturated heterocycles. The van der Waals surface area contributed by atoms with Crippen molar-refractivity contribution in [2.45, 2.75) is 58.1 Å². The lowest BCUT2D eigenvalue weighted by Gasteiger charge is -2.18. The number of esters is 1. The Balaban J connectivity index is 1.35. The number of thiazole rings is 1. The minimum absolute atomic E-state index is 0.0119. The fourth-order valence-electron chi connectivity index (χ4n) is 3.18. The predicted octanol–water partition coefficient (Wildman–Crippen LogP) is 4.69. The van der Waals surface area contributed by atoms with E-state index in [2.05, 4.69) is 22.4 Å². The Kier molecular flexibility index (Phi) is 7.97. The van der Waals surface area contributed by atoms with Crippen LogP contribution < -0.4 is 5.32 Å². The zero-order valence-electron chi connectivity index (χ0n) is 17.5. The summed E-state index contributed by atoms with van der Waals surface area (Å²) in [5.41, 5.74) is 2.23. The molecule has 0 aliphatic rings. The molecular formula is C24H28N2O3S. The summed E-state index contributed by atoms with van der Waals surface area (Å²) < 4.78 is 6.46. The second-order valence-corrected chi connectivity index (χ2v) is 8.61. The Bertz CT molecular complexity index is 938. The van der Waals surface area contributed by atoms with Crippen molar-refractivity contribution in [2.24, 2.45) is 0 Å². The van der Waals surface area contributed by atoms with E-state index in [1.54, 1.807) is 18.3 Å². The Morgan fingerprint density at radius 3 is 2.53 bits per heavy atom. The van der Waals surface area contributed by atoms with E-state index in [-0.39, 0.29) is 24.3 Å². The number of fused-ring (bicyclic) bond motifs is 1. The van der Waals surface area contributed by atoms with Crippen LogP contribution in [0, 0.1) is 0 Å². The molecule has 3 rings (SSSR count). The van der Waals surface area contributed by atoms with E-state index in [4.69, 9.17) is 4.74 Å². The molecule has 0 saturated carbocycles. The van der Waals surface area contributed by atoms with Crippen LogP contribution in [0.5, 0.6) is 0 Å². The van der Waals surface area contributed by atoms with Gasteiger partial charge in [-0.3, -0.25) is 9.59 Å². The number of aryl methyl sites for hydroxylation is 2. The molecule has 3 aromatic rings. The van der Waals surface area contributed by atoms with Crippen LogP contribution in [0.4, 0.5) is 0 Å². The summed E-state index contributed by atoms with van der Waals surface area (Å²) in [7, 11) is 0. The maximum atomic E-state index is 12.3. The molecule has 0 unspecified atom stereocenters. The van der Waals surface area contributed by atoms with Crippen LogP contribution in [-0.4, -0.2) is 29.0 Å². The molecule has 5 nitrogen and oxygen atoms in total. The normalized spacial score (nSPS) is 13.0. The first-order chi connectivity index (χ1) is 14.5. The van der Waals surface area contributed by atoms with Crippen molar-refractivity contribution in [3.63, 3.8) is 0 Å². The van der Waals surface area contributed by atoms with E-state index in [0.717, 1.165) is 34.5 Å². The van der Waals surface area contributed by atoms with Crippen molar-refractivity contribution >= 4 is 33.4 Å². The van der Waals surface area contributed by atoms with E-state index in [0.29, 0.717) is 6.42 Å². The summed E-state index contributed by atoms with van der Waals surface area (Å²) in [5.74, 6) is -0.606. The van der Waals surface area contributed by atoms with Crippen molar-refractivity contribution in [2.75, 3.05) is 0 Å². The van der Waals surface area contributed by atoms with Gasteiger partial charge in [-0.2, -0.15) is 0 Å². The summed E-state index contributed by atoms with van der Waals surface area (Å²) in [6.45, 7) is 3.58. The molecule has 0 bridgehead atoms. The number of hydrogen-bond donors (Lipinski definition) is 1. The predicted molar refractivity (Wildman–Crippen MR) is 120 cm³/mol. The van der Waals surface area contributed by atoms with E-state index >= 15 is 0 Å². The first kappa shape index (κ1) is 22.0. The van der Waals surface area contributed by atoms with Crippen LogP contribution in [0.25, 0.3) is 10.2 Å². The number of carbonyl (C=O) groups is 2. The minimum atomic E-state index is -0.792. The standard InChI is InChI=1S/C24H28N2O3S/c1-17(15-16-19-9-4-3-5-10-19)25-24(28)18(2)29-23(27)14-8-13-22-26-20-11-6-7-12-21(20)30-22/h3-7,9-12,17-18H,8,13-16H2,1-2H3,(H,25,28)/t17-,18-/m1/s1. The van der Waals surface area contributed by atoms with E-state index in [1.807, 2.05) is 49.4 Å². The van der Waals surface area contributed by atoms with Gasteiger partial charge in [0.15, 0.2) is 6.10 Å². The topological polar surface area (TPSA) is 68.3 Å². The van der Waals surface area contributed by atoms with Gasteiger partial charge in [0, 0.05) is 12.5 Å². The highest BCUT2D eigenvalue weighted by molar-refractivity contribution is 7.18. The minimum Gasteiger partial charge on any atom is -0.453 e. The highest BCUT2D eigenvalue weighted by Crippen LogP contribution is 2.22. The monoisotopic (exact) mass is 424 g/mol. The summed E-state index contributed by atoms with van der Waals surface area (Å²) in [5, 5.41) is 3.94. The van der Waals surface area contributed by atoms with Crippen LogP contribution in [-0.2, 0) is 27.2 Å². The van der Waals surface area contributed by atoms with Crippen molar-refractivity contribution in [1.29, 1.82) is 0 Å². The van der Waals surface area contributed by atoms with Gasteiger partial charge in [0.25, 0.3) is 5.91 Å². The van der Waals surface area contributed by atoms with Crippen LogP contribution >= 0.6 is 11.3 Å². The Hall–Kier alpha value is -2.73. The molecule has 1 amide bonds. The van der Waals surface area contributed by atoms with Gasteiger partial charge in [0.2, 0.25) is 0 Å². The highest BCUT2D eigenvalue weighted by Gasteiger charge is 2.19. The molecule has 6 heteroatoms. The summed E-state index contributed by atoms with van der Waals surface area (Å²) in [4.78, 5) is 29.0. The first-order valence-electron chi connectivity index (χ1n) is 10.4. The number of nitrogens with zero attached hydrogens (tertiary/aromatic N) is 1. The Morgan fingerprint density at radius 2 is 1.77 bits per heavy atom. The fourth-order valence-corrected chi connectivity index (χ4v) is 4.19. The van der Waals surface area contributed by atoms with Gasteiger partial charge in [-0.05, 0) is 57.2 Å². The second kappa shape index (κ2) is 10.9. The van der Waals surface area contributed by atoms with Crippen molar-refractivity contribution < 1.29 is 14.3 Å². The summed E-state index contributed by atoms with van der Waals surface area (Å²) in [6.07, 6.45) is 2.59. The van der Waals surface area contributed by atoms with Crippen LogP contribution in [0.1, 0.15) is 43.7 Å². The third-order valence-electron chi connectivity index (χ3n) is 4.88. The number of rotatable bonds is 10. The summed E-state index contributed by atoms with van der Waals surface area (Å²) in [6, 6.07) is 18.2. The number of hydrogen-bond acceptors (Lipinski definition) is 5. The molecule has 1 N–H and O–H groups in total. The molecule has 0 aliphatic carbocycles. The average Bonchev–Trinajstić information content (AvgIpc) is 3.15. The van der Waals surface area contributed by atoms with Crippen molar-refractivity contribution in [1.82, 2.24) is 10.3 Å². The molecule has 2 aromatic carbocycles. The lowest BCUT2D eigenvalue weighted by Crippen LogP contribution is -2.41. The van der Waals surface area contributed by atoms with Crippen LogP contribution in [0.15, 0.2) is 54.6 Å². The number of aromatic nitrogens is 1. The van der Waals surface area contributed by atoms with Crippen molar-refractivity contribution in [3.05, 3.63) is 65.2 Å². The Labute approximate surface area is 181 Å². The number of amides is 1. The highest BCUT2D eigenvalue weighted by atomic mass is 32.1. The van der Waals surface area contributed by atoms with Crippen LogP contribution in [0.2, 0.25) is 0 Å². The largest absolute Gasteiger partial charge is 0.453 e. The molecule has 158 valence electrons. The van der Waals surface area contributed by atoms with E-state index in [1.165, 1.54) is 5.56 Å². The SMILES string of the molecule is C[C@H](CCc1ccccc1)NC(=O)[C@@H](C)OC(=O)CCCc1nc2ccccc2s1. The maximum absolute atomic E-state index is 12.3. The molecule has 1 aromatic heterocycles. The van der Waals surface area contributed by atoms with Crippen molar-refractivity contribution in [3.8, 4) is 0 Å². The molecule has 0 radical (unpaired) electrons. The average molecular weight is 425 g/mol. The zero-order valence-corrected chi connectivity index (χ0v) is 18.3. The molecular weight excluding hydrogens is 396 g/mol. The summed E-state index contributed by atoms with van der Waals surface area (Å²) >= 11 is 1.65. The quantitative estimate of drug-likeness (QED) is 0.480. The van der Waals surface area contributed by atoms with Gasteiger partial charge < -0.3 is 10.1 Å². The third-order valence-corrected chi connectivity index (χ3v) is 5.98. The number of para-hydroxylation sites is 1.